The molecule has 34 heavy (non-hydrogen) atoms. The molecule has 4 N–H and O–H groups in total. The second kappa shape index (κ2) is 12.2. The fourth-order valence-electron chi connectivity index (χ4n) is 3.52. The minimum absolute atomic E-state index is 0. The van der Waals surface area contributed by atoms with E-state index in [0.29, 0.717) is 17.4 Å². The van der Waals surface area contributed by atoms with Gasteiger partial charge < -0.3 is 15.8 Å². The van der Waals surface area contributed by atoms with Crippen LogP contribution in [0.3, 0.4) is 0 Å². The zero-order valence-electron chi connectivity index (χ0n) is 19.5. The number of pyridine rings is 1. The topological polar surface area (TPSA) is 104 Å². The predicted octanol–water partition coefficient (Wildman–Crippen LogP) is 5.55. The van der Waals surface area contributed by atoms with E-state index in [0.717, 1.165) is 21.9 Å². The van der Waals surface area contributed by atoms with Crippen molar-refractivity contribution < 1.29 is 9.53 Å². The number of anilines is 1. The Morgan fingerprint density at radius 3 is 2.41 bits per heavy atom. The maximum absolute atomic E-state index is 13.1. The van der Waals surface area contributed by atoms with Gasteiger partial charge in [0.1, 0.15) is 17.5 Å². The molecule has 0 aliphatic carbocycles. The number of fused-ring (bicyclic) bond motifs is 1. The van der Waals surface area contributed by atoms with Gasteiger partial charge in [-0.1, -0.05) is 54.1 Å². The summed E-state index contributed by atoms with van der Waals surface area (Å²) in [5, 5.41) is 12.3. The molecule has 0 unspecified atom stereocenters. The molecule has 184 valence electrons. The standard InChI is InChI=1S/C24H28ClN5O2.2ClH/c1-24(2,3)32-22(31)20(16-8-6-5-7-9-16)30(4)14-15-10-11-17-18(12-15)21(29-23(26)27)28-13-19(17)25;;/h5-13,20H,14H2,1-4H3,(H4,26,27,28,29);2*1H/t20-;;/m0../s1. The number of esters is 1. The molecule has 0 radical (unpaired) electrons. The second-order valence-electron chi connectivity index (χ2n) is 8.64. The Bertz CT molecular complexity index is 1140. The van der Waals surface area contributed by atoms with Crippen molar-refractivity contribution in [3.8, 4) is 0 Å². The first kappa shape index (κ1) is 29.5. The van der Waals surface area contributed by atoms with Crippen molar-refractivity contribution in [1.29, 1.82) is 5.41 Å². The van der Waals surface area contributed by atoms with Gasteiger partial charge in [0.2, 0.25) is 0 Å². The lowest BCUT2D eigenvalue weighted by Crippen LogP contribution is -2.36. The van der Waals surface area contributed by atoms with Crippen LogP contribution in [0, 0.1) is 5.41 Å². The minimum Gasteiger partial charge on any atom is -0.459 e. The van der Waals surface area contributed by atoms with Crippen LogP contribution in [0.2, 0.25) is 5.02 Å². The first-order chi connectivity index (χ1) is 15.0. The molecule has 10 heteroatoms. The van der Waals surface area contributed by atoms with Gasteiger partial charge in [-0.3, -0.25) is 10.3 Å². The molecule has 2 aromatic carbocycles. The van der Waals surface area contributed by atoms with Crippen LogP contribution in [0.5, 0.6) is 0 Å². The summed E-state index contributed by atoms with van der Waals surface area (Å²) in [6.07, 6.45) is 1.52. The molecule has 1 aromatic heterocycles. The van der Waals surface area contributed by atoms with E-state index in [1.54, 1.807) is 0 Å². The quantitative estimate of drug-likeness (QED) is 0.221. The maximum Gasteiger partial charge on any atom is 0.328 e. The Balaban J connectivity index is 0.00000289. The van der Waals surface area contributed by atoms with Gasteiger partial charge in [0, 0.05) is 23.5 Å². The fourth-order valence-corrected chi connectivity index (χ4v) is 3.74. The van der Waals surface area contributed by atoms with Gasteiger partial charge in [0.15, 0.2) is 5.96 Å². The number of ether oxygens (including phenoxy) is 1. The lowest BCUT2D eigenvalue weighted by Gasteiger charge is -2.30. The van der Waals surface area contributed by atoms with Gasteiger partial charge in [0.25, 0.3) is 0 Å². The van der Waals surface area contributed by atoms with Crippen molar-refractivity contribution in [2.45, 2.75) is 39.0 Å². The van der Waals surface area contributed by atoms with Gasteiger partial charge >= 0.3 is 5.97 Å². The Labute approximate surface area is 217 Å². The highest BCUT2D eigenvalue weighted by Crippen LogP contribution is 2.30. The van der Waals surface area contributed by atoms with E-state index in [2.05, 4.69) is 10.3 Å². The van der Waals surface area contributed by atoms with Crippen LogP contribution < -0.4 is 11.1 Å². The summed E-state index contributed by atoms with van der Waals surface area (Å²) >= 11 is 6.31. The molecule has 0 saturated carbocycles. The molecule has 0 aliphatic rings. The molecule has 3 aromatic rings. The van der Waals surface area contributed by atoms with Gasteiger partial charge in [-0.2, -0.15) is 0 Å². The van der Waals surface area contributed by atoms with E-state index < -0.39 is 11.6 Å². The third-order valence-corrected chi connectivity index (χ3v) is 5.08. The molecule has 1 heterocycles. The monoisotopic (exact) mass is 525 g/mol. The normalized spacial score (nSPS) is 11.8. The van der Waals surface area contributed by atoms with Crippen LogP contribution in [-0.4, -0.2) is 34.5 Å². The number of nitrogens with two attached hydrogens (primary N) is 1. The Morgan fingerprint density at radius 2 is 1.82 bits per heavy atom. The molecule has 0 fully saturated rings. The van der Waals surface area contributed by atoms with Crippen LogP contribution in [-0.2, 0) is 16.1 Å². The number of hydrogen-bond acceptors (Lipinski definition) is 5. The Morgan fingerprint density at radius 1 is 1.18 bits per heavy atom. The number of benzene rings is 2. The van der Waals surface area contributed by atoms with Gasteiger partial charge in [-0.05, 0) is 45.0 Å². The van der Waals surface area contributed by atoms with Crippen molar-refractivity contribution in [3.05, 3.63) is 70.9 Å². The van der Waals surface area contributed by atoms with Crippen molar-refractivity contribution in [1.82, 2.24) is 9.88 Å². The highest BCUT2D eigenvalue weighted by molar-refractivity contribution is 6.35. The number of hydrogen-bond donors (Lipinski definition) is 3. The number of guanidine groups is 1. The third-order valence-electron chi connectivity index (χ3n) is 4.77. The summed E-state index contributed by atoms with van der Waals surface area (Å²) in [6.45, 7) is 6.05. The zero-order chi connectivity index (χ0) is 23.5. The van der Waals surface area contributed by atoms with Crippen molar-refractivity contribution >= 4 is 64.9 Å². The number of halogens is 3. The van der Waals surface area contributed by atoms with Crippen LogP contribution in [0.25, 0.3) is 10.8 Å². The number of likely N-dealkylation sites (N-methyl/N-ethyl adjacent to an activating group) is 1. The van der Waals surface area contributed by atoms with Gasteiger partial charge in [-0.15, -0.1) is 24.8 Å². The third kappa shape index (κ3) is 7.46. The average Bonchev–Trinajstić information content (AvgIpc) is 2.69. The zero-order valence-corrected chi connectivity index (χ0v) is 21.9. The lowest BCUT2D eigenvalue weighted by molar-refractivity contribution is -0.161. The molecule has 0 spiro atoms. The van der Waals surface area contributed by atoms with E-state index in [4.69, 9.17) is 27.5 Å². The van der Waals surface area contributed by atoms with E-state index >= 15 is 0 Å². The van der Waals surface area contributed by atoms with Crippen molar-refractivity contribution in [2.75, 3.05) is 12.4 Å². The molecule has 7 nitrogen and oxygen atoms in total. The summed E-state index contributed by atoms with van der Waals surface area (Å²) in [4.78, 5) is 19.3. The lowest BCUT2D eigenvalue weighted by atomic mass is 10.0. The predicted molar refractivity (Wildman–Crippen MR) is 143 cm³/mol. The summed E-state index contributed by atoms with van der Waals surface area (Å²) in [5.41, 5.74) is 6.71. The number of carbonyl (C=O) groups is 1. The summed E-state index contributed by atoms with van der Waals surface area (Å²) in [7, 11) is 1.89. The Kier molecular flexibility index (Phi) is 10.6. The Hall–Kier alpha value is -2.58. The highest BCUT2D eigenvalue weighted by Gasteiger charge is 2.30. The molecule has 0 saturated heterocycles. The first-order valence-electron chi connectivity index (χ1n) is 10.2. The van der Waals surface area contributed by atoms with E-state index in [-0.39, 0.29) is 36.7 Å². The molecular formula is C24H30Cl3N5O2. The second-order valence-corrected chi connectivity index (χ2v) is 9.04. The number of aromatic nitrogens is 1. The average molecular weight is 527 g/mol. The highest BCUT2D eigenvalue weighted by atomic mass is 35.5. The minimum atomic E-state index is -0.594. The van der Waals surface area contributed by atoms with Gasteiger partial charge in [0.05, 0.1) is 5.02 Å². The number of nitrogens with one attached hydrogen (secondary N) is 2. The molecule has 3 rings (SSSR count). The summed E-state index contributed by atoms with van der Waals surface area (Å²) in [5.74, 6) is -0.0681. The fraction of sp³-hybridized carbons (Fsp3) is 0.292. The number of nitrogens with zero attached hydrogens (tertiary/aromatic N) is 2. The van der Waals surface area contributed by atoms with Gasteiger partial charge in [-0.25, -0.2) is 9.78 Å². The van der Waals surface area contributed by atoms with E-state index in [1.165, 1.54) is 6.20 Å². The van der Waals surface area contributed by atoms with E-state index in [9.17, 15) is 4.79 Å². The van der Waals surface area contributed by atoms with E-state index in [1.807, 2.05) is 81.2 Å². The maximum atomic E-state index is 13.1. The number of rotatable bonds is 6. The van der Waals surface area contributed by atoms with Crippen LogP contribution >= 0.6 is 36.4 Å². The molecular weight excluding hydrogens is 497 g/mol. The molecule has 1 atom stereocenters. The van der Waals surface area contributed by atoms with Crippen LogP contribution in [0.4, 0.5) is 5.82 Å². The van der Waals surface area contributed by atoms with Crippen LogP contribution in [0.1, 0.15) is 37.9 Å². The van der Waals surface area contributed by atoms with Crippen LogP contribution in [0.15, 0.2) is 54.7 Å². The summed E-state index contributed by atoms with van der Waals surface area (Å²) < 4.78 is 5.71. The largest absolute Gasteiger partial charge is 0.459 e. The number of carbonyl (C=O) groups excluding carboxylic acids is 1. The smallest absolute Gasteiger partial charge is 0.328 e. The molecule has 0 amide bonds. The SMILES string of the molecule is CN(Cc1ccc2c(Cl)cnc(NC(=N)N)c2c1)[C@H](C(=O)OC(C)(C)C)c1ccccc1.Cl.Cl. The van der Waals surface area contributed by atoms with Crippen molar-refractivity contribution in [2.24, 2.45) is 5.73 Å². The molecule has 0 bridgehead atoms. The first-order valence-corrected chi connectivity index (χ1v) is 10.6. The summed E-state index contributed by atoms with van der Waals surface area (Å²) in [6, 6.07) is 14.8. The molecule has 0 aliphatic heterocycles. The van der Waals surface area contributed by atoms with Crippen molar-refractivity contribution in [3.63, 3.8) is 0 Å².